The van der Waals surface area contributed by atoms with E-state index in [1.807, 2.05) is 0 Å². The first-order valence-electron chi connectivity index (χ1n) is 8.30. The Kier molecular flexibility index (Phi) is 5.80. The molecular formula is C16H18N4O5S2. The molecular weight excluding hydrogens is 392 g/mol. The standard InChI is InChI=1S/C16H18N4O5S2/c1-7(26-14-12(22)18-16(24)20-19-14)11(21)17-13-10(15(23)25-2)8-5-3-4-6-9(8)27-13/h7H,3-6H2,1-2H3,(H,17,21)(H2,18,20,22,24). The second kappa shape index (κ2) is 8.09. The van der Waals surface area contributed by atoms with Crippen molar-refractivity contribution in [3.63, 3.8) is 0 Å². The molecule has 1 aliphatic carbocycles. The number of nitrogens with one attached hydrogen (secondary N) is 3. The summed E-state index contributed by atoms with van der Waals surface area (Å²) in [4.78, 5) is 50.7. The minimum absolute atomic E-state index is 0.0177. The van der Waals surface area contributed by atoms with Gasteiger partial charge in [0.2, 0.25) is 5.91 Å². The summed E-state index contributed by atoms with van der Waals surface area (Å²) < 4.78 is 4.89. The van der Waals surface area contributed by atoms with Crippen molar-refractivity contribution in [1.82, 2.24) is 15.2 Å². The van der Waals surface area contributed by atoms with Crippen LogP contribution in [0.1, 0.15) is 40.6 Å². The Balaban J connectivity index is 1.81. The van der Waals surface area contributed by atoms with Crippen molar-refractivity contribution in [3.05, 3.63) is 36.8 Å². The smallest absolute Gasteiger partial charge is 0.342 e. The number of amides is 1. The third-order valence-corrected chi connectivity index (χ3v) is 6.41. The largest absolute Gasteiger partial charge is 0.465 e. The van der Waals surface area contributed by atoms with Gasteiger partial charge >= 0.3 is 11.7 Å². The van der Waals surface area contributed by atoms with Gasteiger partial charge in [-0.15, -0.1) is 11.3 Å². The molecule has 0 radical (unpaired) electrons. The Bertz CT molecular complexity index is 993. The first-order chi connectivity index (χ1) is 12.9. The molecule has 27 heavy (non-hydrogen) atoms. The van der Waals surface area contributed by atoms with Crippen molar-refractivity contribution in [3.8, 4) is 0 Å². The zero-order valence-corrected chi connectivity index (χ0v) is 16.3. The zero-order valence-electron chi connectivity index (χ0n) is 14.7. The molecule has 0 spiro atoms. The molecule has 3 rings (SSSR count). The number of carbonyl (C=O) groups excluding carboxylic acids is 2. The highest BCUT2D eigenvalue weighted by Gasteiger charge is 2.28. The number of thioether (sulfide) groups is 1. The van der Waals surface area contributed by atoms with Gasteiger partial charge in [-0.1, -0.05) is 11.8 Å². The molecule has 2 heterocycles. The number of carbonyl (C=O) groups is 2. The molecule has 0 aliphatic heterocycles. The maximum absolute atomic E-state index is 12.6. The molecule has 2 aromatic rings. The molecule has 0 aromatic carbocycles. The van der Waals surface area contributed by atoms with E-state index in [0.29, 0.717) is 10.6 Å². The van der Waals surface area contributed by atoms with Crippen LogP contribution in [0, 0.1) is 0 Å². The van der Waals surface area contributed by atoms with E-state index in [9.17, 15) is 19.2 Å². The number of rotatable bonds is 5. The van der Waals surface area contributed by atoms with Crippen LogP contribution >= 0.6 is 23.1 Å². The van der Waals surface area contributed by atoms with Gasteiger partial charge in [-0.2, -0.15) is 5.10 Å². The van der Waals surface area contributed by atoms with Crippen molar-refractivity contribution < 1.29 is 14.3 Å². The van der Waals surface area contributed by atoms with E-state index in [-0.39, 0.29) is 10.9 Å². The number of hydrogen-bond donors (Lipinski definition) is 3. The number of anilines is 1. The van der Waals surface area contributed by atoms with E-state index in [0.717, 1.165) is 47.9 Å². The lowest BCUT2D eigenvalue weighted by Gasteiger charge is -2.12. The summed E-state index contributed by atoms with van der Waals surface area (Å²) in [5.41, 5.74) is -0.00575. The molecule has 0 saturated heterocycles. The summed E-state index contributed by atoms with van der Waals surface area (Å²) in [7, 11) is 1.31. The first kappa shape index (κ1) is 19.4. The van der Waals surface area contributed by atoms with E-state index < -0.39 is 22.5 Å². The predicted octanol–water partition coefficient (Wildman–Crippen LogP) is 1.30. The number of fused-ring (bicyclic) bond motifs is 1. The lowest BCUT2D eigenvalue weighted by Crippen LogP contribution is -2.28. The Morgan fingerprint density at radius 1 is 1.30 bits per heavy atom. The van der Waals surface area contributed by atoms with Gasteiger partial charge in [-0.3, -0.25) is 14.6 Å². The summed E-state index contributed by atoms with van der Waals surface area (Å²) in [6.45, 7) is 1.61. The first-order valence-corrected chi connectivity index (χ1v) is 9.99. The fraction of sp³-hybridized carbons (Fsp3) is 0.438. The fourth-order valence-corrected chi connectivity index (χ4v) is 4.86. The lowest BCUT2D eigenvalue weighted by atomic mass is 9.95. The van der Waals surface area contributed by atoms with E-state index in [1.54, 1.807) is 6.92 Å². The number of thiophene rings is 1. The number of methoxy groups -OCH3 is 1. The minimum atomic E-state index is -0.714. The van der Waals surface area contributed by atoms with Crippen LogP contribution in [0.4, 0.5) is 5.00 Å². The number of aryl methyl sites for hydroxylation is 1. The van der Waals surface area contributed by atoms with Gasteiger partial charge in [0.15, 0.2) is 5.03 Å². The molecule has 1 unspecified atom stereocenters. The van der Waals surface area contributed by atoms with Gasteiger partial charge in [0.05, 0.1) is 17.9 Å². The average molecular weight is 410 g/mol. The van der Waals surface area contributed by atoms with Crippen LogP contribution in [0.2, 0.25) is 0 Å². The highest BCUT2D eigenvalue weighted by molar-refractivity contribution is 8.00. The van der Waals surface area contributed by atoms with Crippen LogP contribution in [0.15, 0.2) is 14.6 Å². The second-order valence-corrected chi connectivity index (χ2v) is 8.40. The molecule has 11 heteroatoms. The number of aromatic amines is 2. The summed E-state index contributed by atoms with van der Waals surface area (Å²) in [6, 6.07) is 0. The number of nitrogens with zero attached hydrogens (tertiary/aromatic N) is 1. The van der Waals surface area contributed by atoms with Crippen molar-refractivity contribution in [2.45, 2.75) is 42.9 Å². The topological polar surface area (TPSA) is 134 Å². The van der Waals surface area contributed by atoms with Crippen molar-refractivity contribution in [2.24, 2.45) is 0 Å². The van der Waals surface area contributed by atoms with Gasteiger partial charge in [-0.25, -0.2) is 14.7 Å². The Morgan fingerprint density at radius 3 is 2.74 bits per heavy atom. The predicted molar refractivity (Wildman–Crippen MR) is 102 cm³/mol. The van der Waals surface area contributed by atoms with Crippen LogP contribution in [0.5, 0.6) is 0 Å². The zero-order chi connectivity index (χ0) is 19.6. The summed E-state index contributed by atoms with van der Waals surface area (Å²) in [6.07, 6.45) is 3.70. The maximum Gasteiger partial charge on any atom is 0.342 e. The van der Waals surface area contributed by atoms with E-state index in [2.05, 4.69) is 20.5 Å². The average Bonchev–Trinajstić information content (AvgIpc) is 3.01. The minimum Gasteiger partial charge on any atom is -0.465 e. The van der Waals surface area contributed by atoms with Crippen LogP contribution in [-0.2, 0) is 22.4 Å². The summed E-state index contributed by atoms with van der Waals surface area (Å²) in [5, 5.41) is 8.33. The number of esters is 1. The maximum atomic E-state index is 12.6. The quantitative estimate of drug-likeness (QED) is 0.500. The SMILES string of the molecule is COC(=O)c1c(NC(=O)C(C)Sc2n[nH]c(=O)[nH]c2=O)sc2c1CCCC2. The molecule has 9 nitrogen and oxygen atoms in total. The van der Waals surface area contributed by atoms with Crippen LogP contribution < -0.4 is 16.6 Å². The Labute approximate surface area is 161 Å². The van der Waals surface area contributed by atoms with Crippen molar-refractivity contribution >= 4 is 40.0 Å². The van der Waals surface area contributed by atoms with Gasteiger partial charge in [-0.05, 0) is 38.2 Å². The van der Waals surface area contributed by atoms with Crippen LogP contribution in [0.3, 0.4) is 0 Å². The third-order valence-electron chi connectivity index (χ3n) is 4.14. The van der Waals surface area contributed by atoms with Crippen molar-refractivity contribution in [1.29, 1.82) is 0 Å². The second-order valence-electron chi connectivity index (χ2n) is 5.97. The molecule has 1 amide bonds. The van der Waals surface area contributed by atoms with Gasteiger partial charge in [0, 0.05) is 4.88 Å². The Morgan fingerprint density at radius 2 is 2.04 bits per heavy atom. The van der Waals surface area contributed by atoms with Crippen LogP contribution in [-0.4, -0.2) is 39.4 Å². The normalized spacial score (nSPS) is 14.3. The summed E-state index contributed by atoms with van der Waals surface area (Å²) >= 11 is 2.30. The van der Waals surface area contributed by atoms with E-state index >= 15 is 0 Å². The number of H-pyrrole nitrogens is 2. The molecule has 0 saturated carbocycles. The molecule has 3 N–H and O–H groups in total. The molecule has 1 aliphatic rings. The van der Waals surface area contributed by atoms with E-state index in [1.165, 1.54) is 18.4 Å². The lowest BCUT2D eigenvalue weighted by molar-refractivity contribution is -0.115. The Hall–Kier alpha value is -2.40. The monoisotopic (exact) mass is 410 g/mol. The molecule has 0 fully saturated rings. The fourth-order valence-electron chi connectivity index (χ4n) is 2.82. The van der Waals surface area contributed by atoms with E-state index in [4.69, 9.17) is 4.74 Å². The number of ether oxygens (including phenoxy) is 1. The summed E-state index contributed by atoms with van der Waals surface area (Å²) in [5.74, 6) is -0.847. The van der Waals surface area contributed by atoms with Crippen molar-refractivity contribution in [2.75, 3.05) is 12.4 Å². The highest BCUT2D eigenvalue weighted by Crippen LogP contribution is 2.38. The third kappa shape index (κ3) is 4.14. The number of hydrogen-bond acceptors (Lipinski definition) is 8. The molecule has 1 atom stereocenters. The molecule has 0 bridgehead atoms. The number of aromatic nitrogens is 3. The molecule has 144 valence electrons. The van der Waals surface area contributed by atoms with Gasteiger partial charge < -0.3 is 10.1 Å². The van der Waals surface area contributed by atoms with Gasteiger partial charge in [0.1, 0.15) is 5.00 Å². The van der Waals surface area contributed by atoms with Gasteiger partial charge in [0.25, 0.3) is 5.56 Å². The highest BCUT2D eigenvalue weighted by atomic mass is 32.2. The van der Waals surface area contributed by atoms with Crippen LogP contribution in [0.25, 0.3) is 0 Å². The molecule has 2 aromatic heterocycles.